The molecule has 2 unspecified atom stereocenters. The monoisotopic (exact) mass is 532 g/mol. The van der Waals surface area contributed by atoms with Crippen molar-refractivity contribution < 1.29 is 18.9 Å². The van der Waals surface area contributed by atoms with Gasteiger partial charge in [-0.25, -0.2) is 4.68 Å². The van der Waals surface area contributed by atoms with E-state index in [0.717, 1.165) is 65.4 Å². The van der Waals surface area contributed by atoms with E-state index in [0.29, 0.717) is 25.2 Å². The predicted molar refractivity (Wildman–Crippen MR) is 143 cm³/mol. The minimum atomic E-state index is -0.146. The Labute approximate surface area is 225 Å². The molecule has 2 atom stereocenters. The molecule has 11 heteroatoms. The molecule has 0 radical (unpaired) electrons. The average Bonchev–Trinajstić information content (AvgIpc) is 3.72. The summed E-state index contributed by atoms with van der Waals surface area (Å²) in [5.74, 6) is 2.95. The van der Waals surface area contributed by atoms with E-state index in [2.05, 4.69) is 32.3 Å². The number of H-pyrrole nitrogens is 1. The van der Waals surface area contributed by atoms with Crippen LogP contribution in [0.4, 0.5) is 0 Å². The maximum absolute atomic E-state index is 13.2. The van der Waals surface area contributed by atoms with Gasteiger partial charge in [-0.3, -0.25) is 9.69 Å². The third-order valence-electron chi connectivity index (χ3n) is 7.41. The number of hydrogen-bond donors (Lipinski definition) is 1. The quantitative estimate of drug-likeness (QED) is 0.327. The zero-order valence-electron chi connectivity index (χ0n) is 22.1. The number of methoxy groups -OCH3 is 1. The molecule has 6 rings (SSSR count). The number of nitrogens with one attached hydrogen (secondary N) is 1. The van der Waals surface area contributed by atoms with Crippen molar-refractivity contribution in [2.45, 2.75) is 58.0 Å². The fourth-order valence-corrected chi connectivity index (χ4v) is 5.41. The number of tetrazole rings is 1. The largest absolute Gasteiger partial charge is 0.497 e. The predicted octanol–water partition coefficient (Wildman–Crippen LogP) is 3.58. The summed E-state index contributed by atoms with van der Waals surface area (Å²) in [6.45, 7) is 4.64. The third kappa shape index (κ3) is 5.32. The molecule has 39 heavy (non-hydrogen) atoms. The van der Waals surface area contributed by atoms with Gasteiger partial charge in [0.2, 0.25) is 6.79 Å². The Morgan fingerprint density at radius 3 is 2.87 bits per heavy atom. The molecule has 1 N–H and O–H groups in total. The van der Waals surface area contributed by atoms with Crippen molar-refractivity contribution in [1.29, 1.82) is 0 Å². The number of ether oxygens (including phenoxy) is 4. The summed E-state index contributed by atoms with van der Waals surface area (Å²) >= 11 is 0. The van der Waals surface area contributed by atoms with Crippen LogP contribution < -0.4 is 19.8 Å². The number of pyridine rings is 1. The van der Waals surface area contributed by atoms with Crippen molar-refractivity contribution in [3.8, 4) is 17.2 Å². The highest BCUT2D eigenvalue weighted by Crippen LogP contribution is 2.34. The molecule has 0 spiro atoms. The molecule has 0 amide bonds. The van der Waals surface area contributed by atoms with Gasteiger partial charge in [-0.2, -0.15) is 0 Å². The zero-order chi connectivity index (χ0) is 26.8. The van der Waals surface area contributed by atoms with Gasteiger partial charge in [0.25, 0.3) is 5.56 Å². The molecule has 1 saturated heterocycles. The van der Waals surface area contributed by atoms with Crippen LogP contribution in [-0.4, -0.2) is 56.7 Å². The maximum atomic E-state index is 13.2. The van der Waals surface area contributed by atoms with Gasteiger partial charge in [0.05, 0.1) is 25.8 Å². The standard InChI is InChI=1S/C28H32N6O5/c1-3-24(27-30-31-32-34(27)16-22-5-4-10-37-22)33(14-18-6-9-25-26(11-18)39-17-38-25)15-20-12-19-13-21(36-2)7-8-23(19)29-28(20)35/h6-9,11-13,22,24H,3-5,10,14-17H2,1-2H3,(H,29,35). The van der Waals surface area contributed by atoms with Gasteiger partial charge in [0, 0.05) is 36.2 Å². The van der Waals surface area contributed by atoms with Crippen molar-refractivity contribution >= 4 is 10.9 Å². The molecule has 0 bridgehead atoms. The first-order chi connectivity index (χ1) is 19.1. The molecule has 2 aromatic carbocycles. The van der Waals surface area contributed by atoms with E-state index in [1.165, 1.54) is 0 Å². The number of aromatic amines is 1. The molecule has 4 aromatic rings. The van der Waals surface area contributed by atoms with Gasteiger partial charge in [-0.15, -0.1) is 5.10 Å². The van der Waals surface area contributed by atoms with Crippen molar-refractivity contribution in [1.82, 2.24) is 30.1 Å². The van der Waals surface area contributed by atoms with Crippen LogP contribution in [-0.2, 0) is 24.4 Å². The van der Waals surface area contributed by atoms with Gasteiger partial charge >= 0.3 is 0 Å². The smallest absolute Gasteiger partial charge is 0.252 e. The molecule has 0 saturated carbocycles. The Hall–Kier alpha value is -3.96. The lowest BCUT2D eigenvalue weighted by molar-refractivity contribution is 0.0888. The molecule has 2 aliphatic heterocycles. The molecule has 2 aromatic heterocycles. The van der Waals surface area contributed by atoms with Crippen LogP contribution >= 0.6 is 0 Å². The van der Waals surface area contributed by atoms with E-state index < -0.39 is 0 Å². The molecule has 1 fully saturated rings. The summed E-state index contributed by atoms with van der Waals surface area (Å²) in [5, 5.41) is 13.7. The minimum Gasteiger partial charge on any atom is -0.497 e. The highest BCUT2D eigenvalue weighted by atomic mass is 16.7. The van der Waals surface area contributed by atoms with Gasteiger partial charge in [-0.1, -0.05) is 13.0 Å². The number of aromatic nitrogens is 5. The lowest BCUT2D eigenvalue weighted by Crippen LogP contribution is -2.33. The summed E-state index contributed by atoms with van der Waals surface area (Å²) in [6, 6.07) is 13.4. The van der Waals surface area contributed by atoms with Crippen LogP contribution in [0.15, 0.2) is 47.3 Å². The molecule has 2 aliphatic rings. The molecule has 11 nitrogen and oxygen atoms in total. The summed E-state index contributed by atoms with van der Waals surface area (Å²) < 4.78 is 24.2. The Morgan fingerprint density at radius 2 is 2.05 bits per heavy atom. The normalized spacial score (nSPS) is 17.3. The lowest BCUT2D eigenvalue weighted by Gasteiger charge is -2.30. The Kier molecular flexibility index (Phi) is 7.16. The Morgan fingerprint density at radius 1 is 1.15 bits per heavy atom. The van der Waals surface area contributed by atoms with Crippen molar-refractivity contribution in [2.75, 3.05) is 20.5 Å². The summed E-state index contributed by atoms with van der Waals surface area (Å²) in [4.78, 5) is 18.5. The third-order valence-corrected chi connectivity index (χ3v) is 7.41. The molecule has 204 valence electrons. The zero-order valence-corrected chi connectivity index (χ0v) is 22.1. The number of hydrogen-bond acceptors (Lipinski definition) is 9. The number of benzene rings is 2. The fraction of sp³-hybridized carbons (Fsp3) is 0.429. The number of nitrogens with zero attached hydrogens (tertiary/aromatic N) is 5. The van der Waals surface area contributed by atoms with E-state index in [9.17, 15) is 4.79 Å². The van der Waals surface area contributed by atoms with Crippen LogP contribution in [0, 0.1) is 0 Å². The summed E-state index contributed by atoms with van der Waals surface area (Å²) in [7, 11) is 1.63. The highest BCUT2D eigenvalue weighted by molar-refractivity contribution is 5.80. The molecule has 4 heterocycles. The second kappa shape index (κ2) is 11.0. The second-order valence-corrected chi connectivity index (χ2v) is 9.95. The van der Waals surface area contributed by atoms with Gasteiger partial charge in [0.15, 0.2) is 17.3 Å². The SMILES string of the molecule is CCC(c1nnnn1CC1CCCO1)N(Cc1ccc2c(c1)OCO2)Cc1cc2cc(OC)ccc2[nH]c1=O. The first-order valence-electron chi connectivity index (χ1n) is 13.3. The van der Waals surface area contributed by atoms with Crippen LogP contribution in [0.5, 0.6) is 17.2 Å². The summed E-state index contributed by atoms with van der Waals surface area (Å²) in [6.07, 6.45) is 2.89. The van der Waals surface area contributed by atoms with E-state index in [4.69, 9.17) is 18.9 Å². The maximum Gasteiger partial charge on any atom is 0.252 e. The van der Waals surface area contributed by atoms with Crippen LogP contribution in [0.25, 0.3) is 10.9 Å². The molecule has 0 aliphatic carbocycles. The van der Waals surface area contributed by atoms with Gasteiger partial charge < -0.3 is 23.9 Å². The Balaban J connectivity index is 1.36. The van der Waals surface area contributed by atoms with E-state index in [1.54, 1.807) is 7.11 Å². The number of fused-ring (bicyclic) bond motifs is 2. The van der Waals surface area contributed by atoms with Crippen molar-refractivity contribution in [3.05, 3.63) is 69.8 Å². The topological polar surface area (TPSA) is 117 Å². The van der Waals surface area contributed by atoms with Crippen LogP contribution in [0.3, 0.4) is 0 Å². The lowest BCUT2D eigenvalue weighted by atomic mass is 10.1. The van der Waals surface area contributed by atoms with E-state index in [1.807, 2.05) is 47.1 Å². The van der Waals surface area contributed by atoms with Crippen LogP contribution in [0.2, 0.25) is 0 Å². The van der Waals surface area contributed by atoms with E-state index in [-0.39, 0.29) is 24.5 Å². The van der Waals surface area contributed by atoms with Crippen molar-refractivity contribution in [3.63, 3.8) is 0 Å². The van der Waals surface area contributed by atoms with Crippen LogP contribution in [0.1, 0.15) is 49.2 Å². The fourth-order valence-electron chi connectivity index (χ4n) is 5.41. The van der Waals surface area contributed by atoms with Crippen molar-refractivity contribution in [2.24, 2.45) is 0 Å². The van der Waals surface area contributed by atoms with Gasteiger partial charge in [0.1, 0.15) is 5.75 Å². The van der Waals surface area contributed by atoms with E-state index >= 15 is 0 Å². The average molecular weight is 533 g/mol. The first kappa shape index (κ1) is 25.3. The first-order valence-corrected chi connectivity index (χ1v) is 13.3. The Bertz CT molecular complexity index is 1510. The second-order valence-electron chi connectivity index (χ2n) is 9.95. The molecular weight excluding hydrogens is 500 g/mol. The summed E-state index contributed by atoms with van der Waals surface area (Å²) in [5.41, 5.74) is 2.32. The molecular formula is C28H32N6O5. The van der Waals surface area contributed by atoms with Gasteiger partial charge in [-0.05, 0) is 71.7 Å². The highest BCUT2D eigenvalue weighted by Gasteiger charge is 2.28. The number of rotatable bonds is 10. The minimum absolute atomic E-state index is 0.102.